The molecular weight excluding hydrogens is 310 g/mol. The van der Waals surface area contributed by atoms with E-state index < -0.39 is 10.0 Å². The van der Waals surface area contributed by atoms with Crippen LogP contribution in [-0.4, -0.2) is 29.0 Å². The van der Waals surface area contributed by atoms with Gasteiger partial charge in [-0.2, -0.15) is 9.40 Å². The van der Waals surface area contributed by atoms with Crippen LogP contribution in [0.1, 0.15) is 28.9 Å². The molecule has 4 rings (SSSR count). The summed E-state index contributed by atoms with van der Waals surface area (Å²) < 4.78 is 28.8. The van der Waals surface area contributed by atoms with Crippen LogP contribution in [0.2, 0.25) is 0 Å². The van der Waals surface area contributed by atoms with Crippen LogP contribution in [0.15, 0.2) is 35.7 Å². The fourth-order valence-electron chi connectivity index (χ4n) is 3.36. The van der Waals surface area contributed by atoms with Gasteiger partial charge in [0.25, 0.3) is 0 Å². The van der Waals surface area contributed by atoms with Crippen molar-refractivity contribution in [3.05, 3.63) is 58.3 Å². The predicted octanol–water partition coefficient (Wildman–Crippen LogP) is 2.19. The normalized spacial score (nSPS) is 18.3. The Labute approximate surface area is 136 Å². The Balaban J connectivity index is 1.57. The van der Waals surface area contributed by atoms with Gasteiger partial charge in [-0.05, 0) is 36.5 Å². The van der Waals surface area contributed by atoms with Gasteiger partial charge in [0.05, 0.1) is 24.5 Å². The molecule has 0 unspecified atom stereocenters. The summed E-state index contributed by atoms with van der Waals surface area (Å²) in [6.45, 7) is 1.56. The average Bonchev–Trinajstić information content (AvgIpc) is 3.14. The van der Waals surface area contributed by atoms with Crippen LogP contribution >= 0.6 is 0 Å². The minimum Gasteiger partial charge on any atom is -0.266 e. The molecule has 1 aliphatic heterocycles. The second kappa shape index (κ2) is 5.62. The van der Waals surface area contributed by atoms with Gasteiger partial charge in [0, 0.05) is 12.0 Å². The lowest BCUT2D eigenvalue weighted by Crippen LogP contribution is -2.37. The molecule has 0 radical (unpaired) electrons. The van der Waals surface area contributed by atoms with E-state index in [1.165, 1.54) is 16.7 Å². The third-order valence-electron chi connectivity index (χ3n) is 4.57. The maximum Gasteiger partial charge on any atom is 0.236 e. The molecule has 0 saturated heterocycles. The number of hydrogen-bond donors (Lipinski definition) is 0. The van der Waals surface area contributed by atoms with Crippen LogP contribution in [0.25, 0.3) is 6.08 Å². The molecule has 0 saturated carbocycles. The van der Waals surface area contributed by atoms with Crippen molar-refractivity contribution in [1.29, 1.82) is 0 Å². The van der Waals surface area contributed by atoms with Gasteiger partial charge in [-0.15, -0.1) is 0 Å². The van der Waals surface area contributed by atoms with Crippen molar-refractivity contribution in [3.8, 4) is 0 Å². The highest BCUT2D eigenvalue weighted by Gasteiger charge is 2.30. The van der Waals surface area contributed by atoms with E-state index in [2.05, 4.69) is 5.10 Å². The van der Waals surface area contributed by atoms with E-state index in [1.807, 2.05) is 35.0 Å². The van der Waals surface area contributed by atoms with Crippen LogP contribution < -0.4 is 0 Å². The summed E-state index contributed by atoms with van der Waals surface area (Å²) in [4.78, 5) is 0. The van der Waals surface area contributed by atoms with E-state index in [4.69, 9.17) is 0 Å². The Bertz CT molecular complexity index is 853. The molecule has 2 heterocycles. The van der Waals surface area contributed by atoms with Crippen molar-refractivity contribution in [3.63, 3.8) is 0 Å². The Kier molecular flexibility index (Phi) is 3.58. The lowest BCUT2D eigenvalue weighted by atomic mass is 10.2. The third kappa shape index (κ3) is 2.72. The second-order valence-corrected chi connectivity index (χ2v) is 7.86. The minimum absolute atomic E-state index is 0.434. The average molecular weight is 329 g/mol. The summed E-state index contributed by atoms with van der Waals surface area (Å²) in [7, 11) is -3.41. The summed E-state index contributed by atoms with van der Waals surface area (Å²) in [6, 6.07) is 9.50. The highest BCUT2D eigenvalue weighted by atomic mass is 32.2. The molecule has 1 aromatic heterocycles. The lowest BCUT2D eigenvalue weighted by Gasteiger charge is -2.26. The smallest absolute Gasteiger partial charge is 0.236 e. The number of hydrogen-bond acceptors (Lipinski definition) is 3. The zero-order valence-electron chi connectivity index (χ0n) is 12.9. The Morgan fingerprint density at radius 2 is 1.91 bits per heavy atom. The van der Waals surface area contributed by atoms with Gasteiger partial charge >= 0.3 is 0 Å². The number of benzene rings is 1. The van der Waals surface area contributed by atoms with E-state index in [9.17, 15) is 8.42 Å². The van der Waals surface area contributed by atoms with Gasteiger partial charge in [-0.3, -0.25) is 4.68 Å². The highest BCUT2D eigenvalue weighted by molar-refractivity contribution is 7.92. The Morgan fingerprint density at radius 1 is 1.09 bits per heavy atom. The van der Waals surface area contributed by atoms with Crippen LogP contribution in [0.5, 0.6) is 0 Å². The topological polar surface area (TPSA) is 55.2 Å². The molecule has 1 aromatic carbocycles. The highest BCUT2D eigenvalue weighted by Crippen LogP contribution is 2.28. The molecule has 2 aliphatic rings. The molecule has 0 spiro atoms. The first-order valence-corrected chi connectivity index (χ1v) is 9.44. The van der Waals surface area contributed by atoms with E-state index in [1.54, 1.807) is 10.4 Å². The summed E-state index contributed by atoms with van der Waals surface area (Å²) in [6.07, 6.45) is 4.84. The molecule has 6 heteroatoms. The van der Waals surface area contributed by atoms with Crippen LogP contribution in [0.4, 0.5) is 0 Å². The van der Waals surface area contributed by atoms with E-state index in [0.29, 0.717) is 19.6 Å². The number of aryl methyl sites for hydroxylation is 1. The molecular formula is C17H19N3O2S. The van der Waals surface area contributed by atoms with Gasteiger partial charge in [0.15, 0.2) is 0 Å². The molecule has 23 heavy (non-hydrogen) atoms. The Morgan fingerprint density at radius 3 is 2.74 bits per heavy atom. The van der Waals surface area contributed by atoms with Gasteiger partial charge in [-0.25, -0.2) is 8.42 Å². The van der Waals surface area contributed by atoms with Gasteiger partial charge < -0.3 is 0 Å². The molecule has 5 nitrogen and oxygen atoms in total. The van der Waals surface area contributed by atoms with Crippen LogP contribution in [0.3, 0.4) is 0 Å². The fraction of sp³-hybridized carbons (Fsp3) is 0.353. The largest absolute Gasteiger partial charge is 0.266 e. The molecule has 0 N–H and O–H groups in total. The van der Waals surface area contributed by atoms with Gasteiger partial charge in [0.1, 0.15) is 0 Å². The van der Waals surface area contributed by atoms with Crippen LogP contribution in [0, 0.1) is 0 Å². The number of rotatable bonds is 3. The van der Waals surface area contributed by atoms with Crippen molar-refractivity contribution < 1.29 is 8.42 Å². The lowest BCUT2D eigenvalue weighted by molar-refractivity contribution is 0.327. The number of fused-ring (bicyclic) bond motifs is 3. The summed E-state index contributed by atoms with van der Waals surface area (Å²) in [5.41, 5.74) is 4.41. The zero-order valence-corrected chi connectivity index (χ0v) is 13.7. The summed E-state index contributed by atoms with van der Waals surface area (Å²) in [5, 5.41) is 5.93. The van der Waals surface area contributed by atoms with Crippen molar-refractivity contribution in [2.45, 2.75) is 32.4 Å². The minimum atomic E-state index is -3.41. The van der Waals surface area contributed by atoms with Crippen molar-refractivity contribution in [2.24, 2.45) is 0 Å². The first-order valence-electron chi connectivity index (χ1n) is 7.94. The Hall–Kier alpha value is -1.92. The first-order chi connectivity index (χ1) is 11.1. The molecule has 2 aromatic rings. The summed E-state index contributed by atoms with van der Waals surface area (Å²) in [5.74, 6) is 0. The summed E-state index contributed by atoms with van der Waals surface area (Å²) >= 11 is 0. The molecule has 0 fully saturated rings. The van der Waals surface area contributed by atoms with Crippen LogP contribution in [-0.2, 0) is 36.0 Å². The third-order valence-corrected chi connectivity index (χ3v) is 6.08. The SMILES string of the molecule is O=S(=O)(/C=C/c1ccccc1)N1CCn2nc3c(c2C1)CCC3. The van der Waals surface area contributed by atoms with Crippen molar-refractivity contribution in [2.75, 3.05) is 6.54 Å². The van der Waals surface area contributed by atoms with Crippen molar-refractivity contribution in [1.82, 2.24) is 14.1 Å². The number of aromatic nitrogens is 2. The first kappa shape index (κ1) is 14.7. The molecule has 1 aliphatic carbocycles. The van der Waals surface area contributed by atoms with Gasteiger partial charge in [-0.1, -0.05) is 30.3 Å². The number of nitrogens with zero attached hydrogens (tertiary/aromatic N) is 3. The molecule has 0 amide bonds. The predicted molar refractivity (Wildman–Crippen MR) is 89.1 cm³/mol. The standard InChI is InChI=1S/C17H19N3O2S/c21-23(22,12-9-14-5-2-1-3-6-14)19-10-11-20-17(13-19)15-7-4-8-16(15)18-20/h1-3,5-6,9,12H,4,7-8,10-11,13H2/b12-9+. The maximum absolute atomic E-state index is 12.6. The molecule has 120 valence electrons. The molecule has 0 atom stereocenters. The quantitative estimate of drug-likeness (QED) is 0.867. The zero-order chi connectivity index (χ0) is 15.9. The second-order valence-electron chi connectivity index (χ2n) is 6.04. The van der Waals surface area contributed by atoms with Gasteiger partial charge in [0.2, 0.25) is 10.0 Å². The fourth-order valence-corrected chi connectivity index (χ4v) is 4.50. The van der Waals surface area contributed by atoms with E-state index in [-0.39, 0.29) is 0 Å². The van der Waals surface area contributed by atoms with E-state index >= 15 is 0 Å². The monoisotopic (exact) mass is 329 g/mol. The van der Waals surface area contributed by atoms with E-state index in [0.717, 1.165) is 30.5 Å². The molecule has 0 bridgehead atoms. The maximum atomic E-state index is 12.6. The van der Waals surface area contributed by atoms with Crippen molar-refractivity contribution >= 4 is 16.1 Å². The number of sulfonamides is 1.